The number of aryl methyl sites for hydroxylation is 3. The van der Waals surface area contributed by atoms with Crippen LogP contribution in [0.1, 0.15) is 42.2 Å². The zero-order valence-corrected chi connectivity index (χ0v) is 14.7. The molecule has 0 aliphatic rings. The Kier molecular flexibility index (Phi) is 4.44. The van der Waals surface area contributed by atoms with Gasteiger partial charge < -0.3 is 9.15 Å². The molecule has 2 aromatic heterocycles. The molecular weight excluding hydrogens is 320 g/mol. The highest BCUT2D eigenvalue weighted by Crippen LogP contribution is 2.25. The van der Waals surface area contributed by atoms with Crippen molar-refractivity contribution >= 4 is 11.1 Å². The van der Waals surface area contributed by atoms with E-state index in [1.165, 1.54) is 6.07 Å². The highest BCUT2D eigenvalue weighted by molar-refractivity contribution is 5.75. The topological polar surface area (TPSA) is 85.2 Å². The number of nitrogens with zero attached hydrogens (tertiary/aromatic N) is 1. The van der Waals surface area contributed by atoms with Gasteiger partial charge in [-0.2, -0.15) is 4.98 Å². The van der Waals surface area contributed by atoms with E-state index >= 15 is 0 Å². The van der Waals surface area contributed by atoms with E-state index in [0.29, 0.717) is 12.0 Å². The minimum absolute atomic E-state index is 0.00296. The molecule has 25 heavy (non-hydrogen) atoms. The molecule has 1 aromatic carbocycles. The standard InChI is InChI=1S/C19H20N2O4/c1-5-13-9-14(22)25-18-16(13)17(23)20-19(21-18)24-12(4)15-10(2)7-6-8-11(15)3/h6-9,12H,5H2,1-4H3,(H,20,21,23). The van der Waals surface area contributed by atoms with Crippen molar-refractivity contribution in [3.8, 4) is 6.01 Å². The first-order chi connectivity index (χ1) is 11.9. The Balaban J connectivity index is 2.06. The molecule has 0 aliphatic carbocycles. The van der Waals surface area contributed by atoms with Crippen LogP contribution in [-0.4, -0.2) is 9.97 Å². The molecule has 0 radical (unpaired) electrons. The van der Waals surface area contributed by atoms with Crippen molar-refractivity contribution in [1.82, 2.24) is 9.97 Å². The molecule has 130 valence electrons. The maximum absolute atomic E-state index is 12.4. The maximum Gasteiger partial charge on any atom is 0.337 e. The number of hydrogen-bond acceptors (Lipinski definition) is 5. The van der Waals surface area contributed by atoms with Crippen molar-refractivity contribution in [2.45, 2.75) is 40.2 Å². The summed E-state index contributed by atoms with van der Waals surface area (Å²) in [5, 5.41) is 0.286. The fraction of sp³-hybridized carbons (Fsp3) is 0.316. The van der Waals surface area contributed by atoms with Crippen LogP contribution in [0.25, 0.3) is 11.1 Å². The van der Waals surface area contributed by atoms with Gasteiger partial charge in [-0.3, -0.25) is 9.78 Å². The van der Waals surface area contributed by atoms with Gasteiger partial charge in [0.15, 0.2) is 0 Å². The Morgan fingerprint density at radius 2 is 1.92 bits per heavy atom. The van der Waals surface area contributed by atoms with Crippen LogP contribution in [0, 0.1) is 13.8 Å². The minimum atomic E-state index is -0.531. The SMILES string of the molecule is CCc1cc(=O)oc2nc(OC(C)c3c(C)cccc3C)[nH]c(=O)c12. The lowest BCUT2D eigenvalue weighted by atomic mass is 9.99. The first kappa shape index (κ1) is 17.0. The highest BCUT2D eigenvalue weighted by Gasteiger charge is 2.17. The molecule has 0 saturated heterocycles. The van der Waals surface area contributed by atoms with Crippen molar-refractivity contribution in [3.05, 3.63) is 67.3 Å². The van der Waals surface area contributed by atoms with Gasteiger partial charge in [0.2, 0.25) is 5.71 Å². The molecule has 0 aliphatic heterocycles. The van der Waals surface area contributed by atoms with E-state index in [9.17, 15) is 9.59 Å². The quantitative estimate of drug-likeness (QED) is 0.788. The number of aromatic nitrogens is 2. The number of benzene rings is 1. The van der Waals surface area contributed by atoms with E-state index in [1.54, 1.807) is 0 Å². The van der Waals surface area contributed by atoms with E-state index in [2.05, 4.69) is 9.97 Å². The fourth-order valence-corrected chi connectivity index (χ4v) is 3.16. The van der Waals surface area contributed by atoms with Gasteiger partial charge in [0.25, 0.3) is 11.6 Å². The zero-order valence-electron chi connectivity index (χ0n) is 14.7. The molecule has 1 N–H and O–H groups in total. The van der Waals surface area contributed by atoms with E-state index in [4.69, 9.17) is 9.15 Å². The summed E-state index contributed by atoms with van der Waals surface area (Å²) >= 11 is 0. The average molecular weight is 340 g/mol. The molecule has 0 saturated carbocycles. The number of ether oxygens (including phenoxy) is 1. The largest absolute Gasteiger partial charge is 0.457 e. The molecule has 0 bridgehead atoms. The smallest absolute Gasteiger partial charge is 0.337 e. The van der Waals surface area contributed by atoms with Gasteiger partial charge in [-0.25, -0.2) is 4.79 Å². The van der Waals surface area contributed by atoms with E-state index < -0.39 is 5.63 Å². The van der Waals surface area contributed by atoms with Gasteiger partial charge >= 0.3 is 5.63 Å². The molecule has 1 unspecified atom stereocenters. The predicted molar refractivity (Wildman–Crippen MR) is 95.2 cm³/mol. The van der Waals surface area contributed by atoms with Crippen LogP contribution in [0.2, 0.25) is 0 Å². The lowest BCUT2D eigenvalue weighted by molar-refractivity contribution is 0.205. The van der Waals surface area contributed by atoms with Crippen molar-refractivity contribution in [3.63, 3.8) is 0 Å². The number of nitrogens with one attached hydrogen (secondary N) is 1. The van der Waals surface area contributed by atoms with E-state index in [-0.39, 0.29) is 28.8 Å². The Hall–Kier alpha value is -2.89. The maximum atomic E-state index is 12.4. The molecule has 0 spiro atoms. The molecule has 6 nitrogen and oxygen atoms in total. The number of hydrogen-bond donors (Lipinski definition) is 1. The summed E-state index contributed by atoms with van der Waals surface area (Å²) in [4.78, 5) is 30.9. The van der Waals surface area contributed by atoms with Crippen molar-refractivity contribution < 1.29 is 9.15 Å². The second kappa shape index (κ2) is 6.55. The van der Waals surface area contributed by atoms with Crippen LogP contribution in [0.3, 0.4) is 0 Å². The van der Waals surface area contributed by atoms with Crippen LogP contribution in [0.5, 0.6) is 6.01 Å². The molecular formula is C19H20N2O4. The Bertz CT molecular complexity index is 1030. The molecule has 6 heteroatoms. The van der Waals surface area contributed by atoms with Crippen molar-refractivity contribution in [2.75, 3.05) is 0 Å². The molecule has 0 amide bonds. The third-order valence-corrected chi connectivity index (χ3v) is 4.29. The summed E-state index contributed by atoms with van der Waals surface area (Å²) in [7, 11) is 0. The van der Waals surface area contributed by atoms with E-state index in [0.717, 1.165) is 16.7 Å². The lowest BCUT2D eigenvalue weighted by Crippen LogP contribution is -2.17. The summed E-state index contributed by atoms with van der Waals surface area (Å²) < 4.78 is 10.9. The van der Waals surface area contributed by atoms with E-state index in [1.807, 2.05) is 45.9 Å². The van der Waals surface area contributed by atoms with Gasteiger partial charge in [-0.05, 0) is 49.4 Å². The molecule has 0 fully saturated rings. The van der Waals surface area contributed by atoms with Gasteiger partial charge in [0, 0.05) is 6.07 Å². The lowest BCUT2D eigenvalue weighted by Gasteiger charge is -2.18. The third-order valence-electron chi connectivity index (χ3n) is 4.29. The molecule has 3 aromatic rings. The number of H-pyrrole nitrogens is 1. The predicted octanol–water partition coefficient (Wildman–Crippen LogP) is 3.20. The fourth-order valence-electron chi connectivity index (χ4n) is 3.16. The number of rotatable bonds is 4. The highest BCUT2D eigenvalue weighted by atomic mass is 16.5. The Labute approximate surface area is 144 Å². The van der Waals surface area contributed by atoms with Gasteiger partial charge in [-0.1, -0.05) is 25.1 Å². The minimum Gasteiger partial charge on any atom is -0.457 e. The Morgan fingerprint density at radius 3 is 2.56 bits per heavy atom. The van der Waals surface area contributed by atoms with Crippen LogP contribution in [0.15, 0.2) is 38.3 Å². The average Bonchev–Trinajstić information content (AvgIpc) is 2.53. The third kappa shape index (κ3) is 3.20. The van der Waals surface area contributed by atoms with Gasteiger partial charge in [-0.15, -0.1) is 0 Å². The number of fused-ring (bicyclic) bond motifs is 1. The van der Waals surface area contributed by atoms with Crippen LogP contribution in [0.4, 0.5) is 0 Å². The van der Waals surface area contributed by atoms with Crippen molar-refractivity contribution in [1.29, 1.82) is 0 Å². The molecule has 3 rings (SSSR count). The first-order valence-electron chi connectivity index (χ1n) is 8.20. The first-order valence-corrected chi connectivity index (χ1v) is 8.20. The monoisotopic (exact) mass is 340 g/mol. The summed E-state index contributed by atoms with van der Waals surface area (Å²) in [6.45, 7) is 7.76. The summed E-state index contributed by atoms with van der Waals surface area (Å²) in [6.07, 6.45) is 0.217. The molecule has 1 atom stereocenters. The summed E-state index contributed by atoms with van der Waals surface area (Å²) in [6, 6.07) is 7.34. The van der Waals surface area contributed by atoms with Crippen molar-refractivity contribution in [2.24, 2.45) is 0 Å². The Morgan fingerprint density at radius 1 is 1.24 bits per heavy atom. The second-order valence-electron chi connectivity index (χ2n) is 6.06. The summed E-state index contributed by atoms with van der Waals surface area (Å²) in [5.74, 6) is 0. The van der Waals surface area contributed by atoms with Crippen LogP contribution < -0.4 is 15.9 Å². The normalized spacial score (nSPS) is 12.3. The number of aromatic amines is 1. The summed E-state index contributed by atoms with van der Waals surface area (Å²) in [5.41, 5.74) is 2.91. The zero-order chi connectivity index (χ0) is 18.1. The van der Waals surface area contributed by atoms with Crippen LogP contribution >= 0.6 is 0 Å². The van der Waals surface area contributed by atoms with Gasteiger partial charge in [0.1, 0.15) is 11.5 Å². The molecule has 2 heterocycles. The van der Waals surface area contributed by atoms with Crippen LogP contribution in [-0.2, 0) is 6.42 Å². The second-order valence-corrected chi connectivity index (χ2v) is 6.06. The van der Waals surface area contributed by atoms with Gasteiger partial charge in [0.05, 0.1) is 0 Å².